The van der Waals surface area contributed by atoms with Crippen molar-refractivity contribution in [3.63, 3.8) is 0 Å². The van der Waals surface area contributed by atoms with Gasteiger partial charge < -0.3 is 15.2 Å². The summed E-state index contributed by atoms with van der Waals surface area (Å²) in [4.78, 5) is 34.0. The number of rotatable bonds is 7. The molecule has 0 bridgehead atoms. The molecule has 0 aliphatic heterocycles. The molecule has 156 valence electrons. The van der Waals surface area contributed by atoms with Crippen LogP contribution < -0.4 is 5.32 Å². The van der Waals surface area contributed by atoms with Crippen LogP contribution in [0, 0.1) is 0 Å². The van der Waals surface area contributed by atoms with Crippen molar-refractivity contribution in [1.82, 2.24) is 5.32 Å². The van der Waals surface area contributed by atoms with Gasteiger partial charge in [-0.3, -0.25) is 9.59 Å². The van der Waals surface area contributed by atoms with Crippen molar-refractivity contribution >= 4 is 17.8 Å². The fourth-order valence-corrected chi connectivity index (χ4v) is 2.17. The normalized spacial score (nSPS) is 13.0. The van der Waals surface area contributed by atoms with Crippen LogP contribution >= 0.6 is 0 Å². The average Bonchev–Trinajstić information content (AvgIpc) is 2.56. The number of carboxylic acids is 1. The summed E-state index contributed by atoms with van der Waals surface area (Å²) in [6, 6.07) is -0.907. The Morgan fingerprint density at radius 2 is 1.54 bits per heavy atom. The van der Waals surface area contributed by atoms with Crippen molar-refractivity contribution in [2.24, 2.45) is 0 Å². The van der Waals surface area contributed by atoms with Gasteiger partial charge in [0, 0.05) is 6.42 Å². The van der Waals surface area contributed by atoms with Crippen molar-refractivity contribution in [3.8, 4) is 0 Å². The summed E-state index contributed by atoms with van der Waals surface area (Å²) >= 11 is 0. The number of carboxylic acid groups (broad SMARTS) is 1. The second-order valence-corrected chi connectivity index (χ2v) is 5.66. The van der Waals surface area contributed by atoms with Crippen LogP contribution in [0.15, 0.2) is 18.2 Å². The molecular formula is C16H15F6NO5. The summed E-state index contributed by atoms with van der Waals surface area (Å²) in [5.74, 6) is -3.41. The number of nitrogens with one attached hydrogen (secondary N) is 1. The Labute approximate surface area is 154 Å². The van der Waals surface area contributed by atoms with E-state index in [1.165, 1.54) is 0 Å². The average molecular weight is 415 g/mol. The molecule has 12 heteroatoms. The van der Waals surface area contributed by atoms with Gasteiger partial charge >= 0.3 is 24.3 Å². The molecule has 0 saturated carbocycles. The molecular weight excluding hydrogens is 400 g/mol. The number of methoxy groups -OCH3 is 1. The Bertz CT molecular complexity index is 712. The molecule has 1 aromatic carbocycles. The van der Waals surface area contributed by atoms with Gasteiger partial charge in [0.1, 0.15) is 6.04 Å². The molecule has 0 aliphatic carbocycles. The molecule has 1 rings (SSSR count). The lowest BCUT2D eigenvalue weighted by atomic mass is 10.0. The standard InChI is InChI=1S/C16H15F6NO5/c1-28-13(25)3-2-11(14(26)27)23-12(24)6-8-4-9(15(17,18)19)7-10(5-8)16(20,21)22/h4-5,7,11H,2-3,6H2,1H3,(H,23,24)(H,26,27)/t11-/m1/s1. The SMILES string of the molecule is COC(=O)CC[C@@H](NC(=O)Cc1cc(C(F)(F)F)cc(C(F)(F)F)c1)C(=O)O. The smallest absolute Gasteiger partial charge is 0.416 e. The number of carbonyl (C=O) groups excluding carboxylic acids is 2. The molecule has 0 aromatic heterocycles. The lowest BCUT2D eigenvalue weighted by Gasteiger charge is -2.16. The predicted molar refractivity (Wildman–Crippen MR) is 81.0 cm³/mol. The topological polar surface area (TPSA) is 92.7 Å². The van der Waals surface area contributed by atoms with E-state index in [1.54, 1.807) is 0 Å². The quantitative estimate of drug-likeness (QED) is 0.528. The Balaban J connectivity index is 3.00. The van der Waals surface area contributed by atoms with Crippen LogP contribution in [-0.2, 0) is 37.9 Å². The van der Waals surface area contributed by atoms with E-state index in [0.29, 0.717) is 12.1 Å². The van der Waals surface area contributed by atoms with Crippen LogP contribution in [0.5, 0.6) is 0 Å². The second-order valence-electron chi connectivity index (χ2n) is 5.66. The lowest BCUT2D eigenvalue weighted by Crippen LogP contribution is -2.41. The van der Waals surface area contributed by atoms with Gasteiger partial charge in [-0.1, -0.05) is 0 Å². The van der Waals surface area contributed by atoms with E-state index in [-0.39, 0.29) is 18.9 Å². The van der Waals surface area contributed by atoms with E-state index in [9.17, 15) is 40.7 Å². The summed E-state index contributed by atoms with van der Waals surface area (Å²) < 4.78 is 81.2. The number of halogens is 6. The molecule has 0 spiro atoms. The fourth-order valence-electron chi connectivity index (χ4n) is 2.17. The van der Waals surface area contributed by atoms with E-state index in [4.69, 9.17) is 5.11 Å². The highest BCUT2D eigenvalue weighted by Gasteiger charge is 2.37. The van der Waals surface area contributed by atoms with Crippen LogP contribution in [0.2, 0.25) is 0 Å². The van der Waals surface area contributed by atoms with Gasteiger partial charge in [-0.25, -0.2) is 4.79 Å². The maximum absolute atomic E-state index is 12.8. The number of esters is 1. The molecule has 1 amide bonds. The Morgan fingerprint density at radius 1 is 1.04 bits per heavy atom. The highest BCUT2D eigenvalue weighted by molar-refractivity contribution is 5.85. The predicted octanol–water partition coefficient (Wildman–Crippen LogP) is 2.79. The first kappa shape index (κ1) is 23.2. The van der Waals surface area contributed by atoms with Gasteiger partial charge in [-0.15, -0.1) is 0 Å². The minimum absolute atomic E-state index is 0.0855. The highest BCUT2D eigenvalue weighted by atomic mass is 19.4. The zero-order valence-electron chi connectivity index (χ0n) is 14.3. The molecule has 0 heterocycles. The molecule has 0 aliphatic rings. The van der Waals surface area contributed by atoms with E-state index >= 15 is 0 Å². The van der Waals surface area contributed by atoms with Gasteiger partial charge in [0.15, 0.2) is 0 Å². The number of ether oxygens (including phenoxy) is 1. The van der Waals surface area contributed by atoms with Crippen LogP contribution in [0.25, 0.3) is 0 Å². The summed E-state index contributed by atoms with van der Waals surface area (Å²) in [5, 5.41) is 11.0. The molecule has 1 aromatic rings. The van der Waals surface area contributed by atoms with Crippen molar-refractivity contribution in [3.05, 3.63) is 34.9 Å². The molecule has 28 heavy (non-hydrogen) atoms. The van der Waals surface area contributed by atoms with Gasteiger partial charge in [0.2, 0.25) is 5.91 Å². The monoisotopic (exact) mass is 415 g/mol. The number of benzene rings is 1. The Hall–Kier alpha value is -2.79. The molecule has 2 N–H and O–H groups in total. The zero-order valence-corrected chi connectivity index (χ0v) is 14.3. The first-order chi connectivity index (χ1) is 12.7. The van der Waals surface area contributed by atoms with Crippen LogP contribution in [0.4, 0.5) is 26.3 Å². The number of alkyl halides is 6. The summed E-state index contributed by atoms with van der Waals surface area (Å²) in [6.45, 7) is 0. The number of aliphatic carboxylic acids is 1. The molecule has 0 unspecified atom stereocenters. The van der Waals surface area contributed by atoms with Crippen LogP contribution in [0.3, 0.4) is 0 Å². The van der Waals surface area contributed by atoms with Crippen molar-refractivity contribution in [2.45, 2.75) is 37.7 Å². The van der Waals surface area contributed by atoms with Gasteiger partial charge in [0.25, 0.3) is 0 Å². The molecule has 0 saturated heterocycles. The molecule has 0 radical (unpaired) electrons. The van der Waals surface area contributed by atoms with Gasteiger partial charge in [-0.2, -0.15) is 26.3 Å². The summed E-state index contributed by atoms with van der Waals surface area (Å²) in [6.07, 6.45) is -11.8. The number of hydrogen-bond donors (Lipinski definition) is 2. The van der Waals surface area contributed by atoms with Crippen LogP contribution in [0.1, 0.15) is 29.5 Å². The minimum atomic E-state index is -5.07. The number of amides is 1. The summed E-state index contributed by atoms with van der Waals surface area (Å²) in [7, 11) is 1.06. The maximum Gasteiger partial charge on any atom is 0.416 e. The molecule has 1 atom stereocenters. The Kier molecular flexibility index (Phi) is 7.42. The first-order valence-electron chi connectivity index (χ1n) is 7.61. The molecule has 0 fully saturated rings. The third-order valence-corrected chi connectivity index (χ3v) is 3.51. The van der Waals surface area contributed by atoms with E-state index in [0.717, 1.165) is 7.11 Å². The fraction of sp³-hybridized carbons (Fsp3) is 0.438. The highest BCUT2D eigenvalue weighted by Crippen LogP contribution is 2.36. The van der Waals surface area contributed by atoms with E-state index < -0.39 is 59.4 Å². The maximum atomic E-state index is 12.8. The third-order valence-electron chi connectivity index (χ3n) is 3.51. The van der Waals surface area contributed by atoms with Gasteiger partial charge in [0.05, 0.1) is 24.7 Å². The Morgan fingerprint density at radius 3 is 1.93 bits per heavy atom. The summed E-state index contributed by atoms with van der Waals surface area (Å²) in [5.41, 5.74) is -3.78. The van der Waals surface area contributed by atoms with E-state index in [1.807, 2.05) is 5.32 Å². The van der Waals surface area contributed by atoms with Crippen molar-refractivity contribution in [1.29, 1.82) is 0 Å². The third kappa shape index (κ3) is 7.08. The second kappa shape index (κ2) is 8.93. The lowest BCUT2D eigenvalue weighted by molar-refractivity contribution is -0.144. The van der Waals surface area contributed by atoms with Crippen LogP contribution in [-0.4, -0.2) is 36.1 Å². The van der Waals surface area contributed by atoms with Gasteiger partial charge in [-0.05, 0) is 30.2 Å². The van der Waals surface area contributed by atoms with Crippen molar-refractivity contribution < 1.29 is 50.6 Å². The number of carbonyl (C=O) groups is 3. The van der Waals surface area contributed by atoms with E-state index in [2.05, 4.69) is 4.74 Å². The first-order valence-corrected chi connectivity index (χ1v) is 7.61. The molecule has 6 nitrogen and oxygen atoms in total. The zero-order chi connectivity index (χ0) is 21.7. The number of hydrogen-bond acceptors (Lipinski definition) is 4. The van der Waals surface area contributed by atoms with Crippen molar-refractivity contribution in [2.75, 3.05) is 7.11 Å². The largest absolute Gasteiger partial charge is 0.480 e. The minimum Gasteiger partial charge on any atom is -0.480 e.